The van der Waals surface area contributed by atoms with Crippen LogP contribution in [0.1, 0.15) is 11.1 Å². The second kappa shape index (κ2) is 9.11. The Balaban J connectivity index is 1.70. The van der Waals surface area contributed by atoms with E-state index in [1.807, 2.05) is 36.4 Å². The van der Waals surface area contributed by atoms with Crippen LogP contribution in [0, 0.1) is 5.82 Å². The minimum Gasteiger partial charge on any atom is -0.493 e. The molecule has 0 aliphatic heterocycles. The normalized spacial score (nSPS) is 10.5. The molecule has 0 amide bonds. The Morgan fingerprint density at radius 3 is 2.37 bits per heavy atom. The maximum atomic E-state index is 13.0. The molecule has 0 saturated carbocycles. The van der Waals surface area contributed by atoms with Gasteiger partial charge in [0.2, 0.25) is 0 Å². The van der Waals surface area contributed by atoms with Crippen molar-refractivity contribution in [3.8, 4) is 11.5 Å². The van der Waals surface area contributed by atoms with E-state index >= 15 is 0 Å². The zero-order valence-electron chi connectivity index (χ0n) is 14.6. The van der Waals surface area contributed by atoms with Gasteiger partial charge in [-0.25, -0.2) is 4.39 Å². The predicted octanol–water partition coefficient (Wildman–Crippen LogP) is 6.44. The molecular formula is C21H18BrClFNO2. The average Bonchev–Trinajstić information content (AvgIpc) is 2.67. The third-order valence-electron chi connectivity index (χ3n) is 3.93. The van der Waals surface area contributed by atoms with E-state index in [1.165, 1.54) is 12.1 Å². The predicted molar refractivity (Wildman–Crippen MR) is 110 cm³/mol. The third kappa shape index (κ3) is 5.37. The summed E-state index contributed by atoms with van der Waals surface area (Å²) in [4.78, 5) is 0. The highest BCUT2D eigenvalue weighted by Crippen LogP contribution is 2.37. The Morgan fingerprint density at radius 2 is 1.70 bits per heavy atom. The van der Waals surface area contributed by atoms with Gasteiger partial charge in [-0.05, 0) is 59.7 Å². The SMILES string of the molecule is COc1cc(CNc2ccc(F)cc2)cc(Cl)c1OCc1ccc(Br)cc1. The summed E-state index contributed by atoms with van der Waals surface area (Å²) >= 11 is 9.83. The summed E-state index contributed by atoms with van der Waals surface area (Å²) < 4.78 is 25.3. The molecule has 0 spiro atoms. The molecule has 0 aromatic heterocycles. The molecule has 0 unspecified atom stereocenters. The number of hydrogen-bond donors (Lipinski definition) is 1. The molecule has 6 heteroatoms. The summed E-state index contributed by atoms with van der Waals surface area (Å²) in [5, 5.41) is 3.70. The fraction of sp³-hybridized carbons (Fsp3) is 0.143. The Hall–Kier alpha value is -2.24. The van der Waals surface area contributed by atoms with Crippen molar-refractivity contribution in [2.45, 2.75) is 13.2 Å². The van der Waals surface area contributed by atoms with Gasteiger partial charge >= 0.3 is 0 Å². The van der Waals surface area contributed by atoms with Crippen LogP contribution in [0.5, 0.6) is 11.5 Å². The largest absolute Gasteiger partial charge is 0.493 e. The first-order valence-corrected chi connectivity index (χ1v) is 9.45. The average molecular weight is 451 g/mol. The maximum absolute atomic E-state index is 13.0. The molecule has 0 aliphatic carbocycles. The van der Waals surface area contributed by atoms with Gasteiger partial charge < -0.3 is 14.8 Å². The number of methoxy groups -OCH3 is 1. The molecular weight excluding hydrogens is 433 g/mol. The van der Waals surface area contributed by atoms with Gasteiger partial charge in [-0.3, -0.25) is 0 Å². The fourth-order valence-corrected chi connectivity index (χ4v) is 3.08. The highest BCUT2D eigenvalue weighted by atomic mass is 79.9. The Morgan fingerprint density at radius 1 is 1.00 bits per heavy atom. The quantitative estimate of drug-likeness (QED) is 0.449. The fourth-order valence-electron chi connectivity index (χ4n) is 2.52. The van der Waals surface area contributed by atoms with E-state index in [0.717, 1.165) is 21.3 Å². The van der Waals surface area contributed by atoms with E-state index in [0.29, 0.717) is 29.7 Å². The van der Waals surface area contributed by atoms with Crippen molar-refractivity contribution in [3.05, 3.63) is 87.1 Å². The van der Waals surface area contributed by atoms with E-state index < -0.39 is 0 Å². The molecule has 0 aliphatic rings. The summed E-state index contributed by atoms with van der Waals surface area (Å²) in [5.74, 6) is 0.806. The molecule has 0 heterocycles. The Bertz CT molecular complexity index is 901. The molecule has 0 fully saturated rings. The molecule has 0 atom stereocenters. The van der Waals surface area contributed by atoms with Crippen molar-refractivity contribution in [2.75, 3.05) is 12.4 Å². The van der Waals surface area contributed by atoms with E-state index in [9.17, 15) is 4.39 Å². The van der Waals surface area contributed by atoms with Crippen LogP contribution < -0.4 is 14.8 Å². The second-order valence-corrected chi connectivity index (χ2v) is 7.21. The molecule has 3 aromatic carbocycles. The Labute approximate surface area is 171 Å². The molecule has 3 rings (SSSR count). The second-order valence-electron chi connectivity index (χ2n) is 5.88. The molecule has 0 radical (unpaired) electrons. The lowest BCUT2D eigenvalue weighted by atomic mass is 10.2. The third-order valence-corrected chi connectivity index (χ3v) is 4.74. The van der Waals surface area contributed by atoms with Gasteiger partial charge in [0.15, 0.2) is 11.5 Å². The minimum absolute atomic E-state index is 0.266. The van der Waals surface area contributed by atoms with Crippen molar-refractivity contribution in [1.82, 2.24) is 0 Å². The van der Waals surface area contributed by atoms with Gasteiger partial charge in [-0.2, -0.15) is 0 Å². The first-order valence-electron chi connectivity index (χ1n) is 8.28. The topological polar surface area (TPSA) is 30.5 Å². The van der Waals surface area contributed by atoms with Gasteiger partial charge in [0, 0.05) is 16.7 Å². The van der Waals surface area contributed by atoms with E-state index in [-0.39, 0.29) is 5.82 Å². The molecule has 27 heavy (non-hydrogen) atoms. The first kappa shape index (κ1) is 19.5. The zero-order chi connectivity index (χ0) is 19.2. The lowest BCUT2D eigenvalue weighted by Gasteiger charge is -2.15. The highest BCUT2D eigenvalue weighted by molar-refractivity contribution is 9.10. The number of nitrogens with one attached hydrogen (secondary N) is 1. The van der Waals surface area contributed by atoms with Crippen molar-refractivity contribution in [1.29, 1.82) is 0 Å². The number of benzene rings is 3. The molecule has 1 N–H and O–H groups in total. The van der Waals surface area contributed by atoms with Crippen LogP contribution in [0.4, 0.5) is 10.1 Å². The lowest BCUT2D eigenvalue weighted by Crippen LogP contribution is -2.02. The Kier molecular flexibility index (Phi) is 6.58. The van der Waals surface area contributed by atoms with E-state index in [2.05, 4.69) is 21.2 Å². The number of anilines is 1. The number of halogens is 3. The summed E-state index contributed by atoms with van der Waals surface area (Å²) in [7, 11) is 1.58. The highest BCUT2D eigenvalue weighted by Gasteiger charge is 2.12. The molecule has 3 nitrogen and oxygen atoms in total. The number of hydrogen-bond acceptors (Lipinski definition) is 3. The van der Waals surface area contributed by atoms with Crippen LogP contribution in [0.2, 0.25) is 5.02 Å². The van der Waals surface area contributed by atoms with Gasteiger partial charge in [0.1, 0.15) is 12.4 Å². The number of ether oxygens (including phenoxy) is 2. The van der Waals surface area contributed by atoms with Crippen LogP contribution in [-0.2, 0) is 13.2 Å². The monoisotopic (exact) mass is 449 g/mol. The summed E-state index contributed by atoms with van der Waals surface area (Å²) in [6, 6.07) is 17.8. The molecule has 0 bridgehead atoms. The van der Waals surface area contributed by atoms with Crippen LogP contribution in [0.15, 0.2) is 65.1 Å². The van der Waals surface area contributed by atoms with Gasteiger partial charge in [0.25, 0.3) is 0 Å². The summed E-state index contributed by atoms with van der Waals surface area (Å²) in [6.45, 7) is 0.908. The van der Waals surface area contributed by atoms with Crippen molar-refractivity contribution >= 4 is 33.2 Å². The van der Waals surface area contributed by atoms with Gasteiger partial charge in [-0.1, -0.05) is 39.7 Å². The van der Waals surface area contributed by atoms with Crippen LogP contribution in [0.3, 0.4) is 0 Å². The summed E-state index contributed by atoms with van der Waals surface area (Å²) in [6.07, 6.45) is 0. The minimum atomic E-state index is -0.266. The standard InChI is InChI=1S/C21H18BrClFNO2/c1-26-20-11-15(12-25-18-8-6-17(24)7-9-18)10-19(23)21(20)27-13-14-2-4-16(22)5-3-14/h2-11,25H,12-13H2,1H3. The van der Waals surface area contributed by atoms with Gasteiger partial charge in [-0.15, -0.1) is 0 Å². The molecule has 3 aromatic rings. The van der Waals surface area contributed by atoms with Crippen LogP contribution >= 0.6 is 27.5 Å². The van der Waals surface area contributed by atoms with Crippen LogP contribution in [0.25, 0.3) is 0 Å². The molecule has 0 saturated heterocycles. The van der Waals surface area contributed by atoms with Crippen molar-refractivity contribution in [2.24, 2.45) is 0 Å². The van der Waals surface area contributed by atoms with E-state index in [1.54, 1.807) is 19.2 Å². The summed E-state index contributed by atoms with van der Waals surface area (Å²) in [5.41, 5.74) is 2.78. The smallest absolute Gasteiger partial charge is 0.180 e. The van der Waals surface area contributed by atoms with Crippen molar-refractivity contribution < 1.29 is 13.9 Å². The maximum Gasteiger partial charge on any atom is 0.180 e. The number of rotatable bonds is 7. The van der Waals surface area contributed by atoms with Crippen molar-refractivity contribution in [3.63, 3.8) is 0 Å². The van der Waals surface area contributed by atoms with E-state index in [4.69, 9.17) is 21.1 Å². The first-order chi connectivity index (χ1) is 13.0. The lowest BCUT2D eigenvalue weighted by molar-refractivity contribution is 0.284. The van der Waals surface area contributed by atoms with Gasteiger partial charge in [0.05, 0.1) is 12.1 Å². The molecule has 140 valence electrons. The van der Waals surface area contributed by atoms with Crippen LogP contribution in [-0.4, -0.2) is 7.11 Å². The zero-order valence-corrected chi connectivity index (χ0v) is 17.0.